The molecule has 0 unspecified atom stereocenters. The lowest BCUT2D eigenvalue weighted by Gasteiger charge is -2.19. The number of hydrogen-bond acceptors (Lipinski definition) is 3. The molecule has 0 saturated carbocycles. The lowest BCUT2D eigenvalue weighted by Crippen LogP contribution is -2.39. The molecule has 0 atom stereocenters. The third kappa shape index (κ3) is 2.54. The monoisotopic (exact) mass is 379 g/mol. The Morgan fingerprint density at radius 3 is 2.27 bits per heavy atom. The summed E-state index contributed by atoms with van der Waals surface area (Å²) < 4.78 is 25.8. The minimum atomic E-state index is -3.46. The lowest BCUT2D eigenvalue weighted by atomic mass is 10.0. The number of fused-ring (bicyclic) bond motifs is 3. The fourth-order valence-corrected chi connectivity index (χ4v) is 7.09. The van der Waals surface area contributed by atoms with Crippen LogP contribution >= 0.6 is 0 Å². The maximum atomic E-state index is 12.9. The van der Waals surface area contributed by atoms with E-state index >= 15 is 0 Å². The number of hydrogen-bond donors (Lipinski definition) is 0. The maximum Gasteiger partial charge on any atom is 0.207 e. The highest BCUT2D eigenvalue weighted by Crippen LogP contribution is 2.44. The largest absolute Gasteiger partial charge is 0.256 e. The predicted octanol–water partition coefficient (Wildman–Crippen LogP) is 4.42. The molecule has 2 aromatic carbocycles. The molecule has 0 spiro atoms. The molecule has 1 aromatic heterocycles. The number of benzene rings is 2. The van der Waals surface area contributed by atoms with Gasteiger partial charge in [-0.3, -0.25) is 4.98 Å². The van der Waals surface area contributed by atoms with Crippen LogP contribution in [0.4, 0.5) is 0 Å². The van der Waals surface area contributed by atoms with E-state index in [0.717, 1.165) is 22.4 Å². The first-order valence-electron chi connectivity index (χ1n) is 8.65. The van der Waals surface area contributed by atoms with E-state index in [-0.39, 0.29) is 0 Å². The highest BCUT2D eigenvalue weighted by Gasteiger charge is 2.32. The quantitative estimate of drug-likeness (QED) is 0.485. The minimum absolute atomic E-state index is 0.380. The van der Waals surface area contributed by atoms with E-state index in [1.807, 2.05) is 30.5 Å². The third-order valence-electron chi connectivity index (χ3n) is 4.95. The zero-order valence-corrected chi connectivity index (χ0v) is 17.2. The summed E-state index contributed by atoms with van der Waals surface area (Å²) in [6.45, 7) is 9.01. The Labute approximate surface area is 155 Å². The van der Waals surface area contributed by atoms with Crippen LogP contribution in [-0.2, 0) is 9.84 Å². The van der Waals surface area contributed by atoms with Crippen LogP contribution in [0.25, 0.3) is 22.4 Å². The molecule has 0 bridgehead atoms. The number of sulfone groups is 1. The molecule has 4 rings (SSSR count). The van der Waals surface area contributed by atoms with Crippen molar-refractivity contribution in [1.82, 2.24) is 4.98 Å². The van der Waals surface area contributed by atoms with Crippen LogP contribution in [-0.4, -0.2) is 21.5 Å². The van der Waals surface area contributed by atoms with Crippen molar-refractivity contribution in [2.45, 2.75) is 36.4 Å². The van der Waals surface area contributed by atoms with Crippen molar-refractivity contribution < 1.29 is 8.42 Å². The van der Waals surface area contributed by atoms with Gasteiger partial charge in [0.15, 0.2) is 0 Å². The van der Waals surface area contributed by atoms with E-state index in [0.29, 0.717) is 9.79 Å². The topological polar surface area (TPSA) is 47.0 Å². The van der Waals surface area contributed by atoms with Gasteiger partial charge in [0.2, 0.25) is 9.84 Å². The summed E-state index contributed by atoms with van der Waals surface area (Å²) in [6, 6.07) is 14.9. The van der Waals surface area contributed by atoms with Gasteiger partial charge in [-0.15, -0.1) is 0 Å². The molecule has 132 valence electrons. The van der Waals surface area contributed by atoms with Crippen LogP contribution in [0.15, 0.2) is 64.5 Å². The normalized spacial score (nSPS) is 14.8. The van der Waals surface area contributed by atoms with Crippen molar-refractivity contribution in [3.05, 3.63) is 60.3 Å². The third-order valence-corrected chi connectivity index (χ3v) is 8.94. The summed E-state index contributed by atoms with van der Waals surface area (Å²) in [5.41, 5.74) is 4.44. The first kappa shape index (κ1) is 17.2. The molecule has 26 heavy (non-hydrogen) atoms. The molecule has 5 heteroatoms. The van der Waals surface area contributed by atoms with E-state index < -0.39 is 17.9 Å². The van der Waals surface area contributed by atoms with Crippen molar-refractivity contribution in [1.29, 1.82) is 0 Å². The van der Waals surface area contributed by atoms with Gasteiger partial charge in [0.25, 0.3) is 0 Å². The Morgan fingerprint density at radius 2 is 1.58 bits per heavy atom. The summed E-state index contributed by atoms with van der Waals surface area (Å²) in [7, 11) is -4.90. The fraction of sp³-hybridized carbons (Fsp3) is 0.190. The molecule has 0 saturated heterocycles. The van der Waals surface area contributed by atoms with Crippen LogP contribution in [0.2, 0.25) is 19.6 Å². The molecule has 0 amide bonds. The molecule has 0 N–H and O–H groups in total. The van der Waals surface area contributed by atoms with Crippen LogP contribution in [0.1, 0.15) is 5.56 Å². The van der Waals surface area contributed by atoms with Gasteiger partial charge in [0, 0.05) is 22.9 Å². The first-order chi connectivity index (χ1) is 12.2. The fourth-order valence-electron chi connectivity index (χ4n) is 3.67. The van der Waals surface area contributed by atoms with Crippen molar-refractivity contribution in [2.24, 2.45) is 0 Å². The molecule has 0 radical (unpaired) electrons. The number of aromatic nitrogens is 1. The van der Waals surface area contributed by atoms with Gasteiger partial charge in [-0.2, -0.15) is 0 Å². The molecule has 2 heterocycles. The standard InChI is InChI=1S/C21H21NO2SSi/c1-14-11-18(22-13-21(14)26(2,3)4)15-9-10-17-16-7-5-6-8-19(16)25(23,24)20(17)12-15/h5-13H,1-4H3. The Balaban J connectivity index is 1.86. The molecule has 0 aliphatic carbocycles. The second-order valence-electron chi connectivity index (χ2n) is 7.84. The summed E-state index contributed by atoms with van der Waals surface area (Å²) in [6.07, 6.45) is 1.97. The van der Waals surface area contributed by atoms with Crippen LogP contribution < -0.4 is 5.19 Å². The van der Waals surface area contributed by atoms with E-state index in [4.69, 9.17) is 0 Å². The predicted molar refractivity (Wildman–Crippen MR) is 108 cm³/mol. The molecule has 3 aromatic rings. The Hall–Kier alpha value is -2.24. The van der Waals surface area contributed by atoms with E-state index in [1.165, 1.54) is 10.8 Å². The average Bonchev–Trinajstić information content (AvgIpc) is 2.82. The van der Waals surface area contributed by atoms with Gasteiger partial charge in [0.05, 0.1) is 23.6 Å². The van der Waals surface area contributed by atoms with E-state index in [2.05, 4.69) is 37.6 Å². The summed E-state index contributed by atoms with van der Waals surface area (Å²) in [5.74, 6) is 0. The van der Waals surface area contributed by atoms with Gasteiger partial charge in [-0.1, -0.05) is 50.0 Å². The van der Waals surface area contributed by atoms with Gasteiger partial charge >= 0.3 is 0 Å². The van der Waals surface area contributed by atoms with Crippen molar-refractivity contribution in [3.63, 3.8) is 0 Å². The second-order valence-corrected chi connectivity index (χ2v) is 14.8. The summed E-state index contributed by atoms with van der Waals surface area (Å²) in [4.78, 5) is 5.41. The summed E-state index contributed by atoms with van der Waals surface area (Å²) >= 11 is 0. The van der Waals surface area contributed by atoms with Crippen LogP contribution in [0.5, 0.6) is 0 Å². The Kier molecular flexibility index (Phi) is 3.72. The van der Waals surface area contributed by atoms with Crippen molar-refractivity contribution >= 4 is 23.1 Å². The first-order valence-corrected chi connectivity index (χ1v) is 13.6. The zero-order chi connectivity index (χ0) is 18.7. The molecule has 1 aliphatic heterocycles. The van der Waals surface area contributed by atoms with Crippen molar-refractivity contribution in [2.75, 3.05) is 0 Å². The number of nitrogens with zero attached hydrogens (tertiary/aromatic N) is 1. The van der Waals surface area contributed by atoms with Crippen molar-refractivity contribution in [3.8, 4) is 22.4 Å². The second kappa shape index (κ2) is 5.63. The minimum Gasteiger partial charge on any atom is -0.256 e. The highest BCUT2D eigenvalue weighted by molar-refractivity contribution is 7.92. The molecule has 1 aliphatic rings. The molecule has 3 nitrogen and oxygen atoms in total. The highest BCUT2D eigenvalue weighted by atomic mass is 32.2. The molecular weight excluding hydrogens is 358 g/mol. The smallest absolute Gasteiger partial charge is 0.207 e. The van der Waals surface area contributed by atoms with Crippen LogP contribution in [0.3, 0.4) is 0 Å². The van der Waals surface area contributed by atoms with Gasteiger partial charge in [0.1, 0.15) is 0 Å². The number of pyridine rings is 1. The summed E-state index contributed by atoms with van der Waals surface area (Å²) in [5, 5.41) is 1.34. The van der Waals surface area contributed by atoms with E-state index in [9.17, 15) is 8.42 Å². The van der Waals surface area contributed by atoms with Gasteiger partial charge in [-0.05, 0) is 35.9 Å². The van der Waals surface area contributed by atoms with Gasteiger partial charge < -0.3 is 0 Å². The Bertz CT molecular complexity index is 1140. The number of aryl methyl sites for hydroxylation is 1. The SMILES string of the molecule is Cc1cc(-c2ccc3c(c2)S(=O)(=O)c2ccccc2-3)ncc1[Si](C)(C)C. The number of rotatable bonds is 2. The van der Waals surface area contributed by atoms with Gasteiger partial charge in [-0.25, -0.2) is 8.42 Å². The zero-order valence-electron chi connectivity index (χ0n) is 15.4. The molecular formula is C21H21NO2SSi. The van der Waals surface area contributed by atoms with Crippen LogP contribution in [0, 0.1) is 6.92 Å². The van der Waals surface area contributed by atoms with E-state index in [1.54, 1.807) is 18.2 Å². The maximum absolute atomic E-state index is 12.9. The Morgan fingerprint density at radius 1 is 0.885 bits per heavy atom. The lowest BCUT2D eigenvalue weighted by molar-refractivity contribution is 0.598. The molecule has 0 fully saturated rings. The average molecular weight is 380 g/mol.